The summed E-state index contributed by atoms with van der Waals surface area (Å²) in [4.78, 5) is 132. The molecule has 20 nitrogen and oxygen atoms in total. The Morgan fingerprint density at radius 1 is 0.795 bits per heavy atom. The summed E-state index contributed by atoms with van der Waals surface area (Å²) in [6, 6.07) is 14.6. The van der Waals surface area contributed by atoms with E-state index < -0.39 is 83.3 Å². The van der Waals surface area contributed by atoms with E-state index in [1.165, 1.54) is 30.2 Å². The summed E-state index contributed by atoms with van der Waals surface area (Å²) >= 11 is 0. The van der Waals surface area contributed by atoms with Crippen LogP contribution in [0.3, 0.4) is 0 Å². The largest absolute Gasteiger partial charge is 0.493 e. The van der Waals surface area contributed by atoms with Crippen molar-refractivity contribution in [3.63, 3.8) is 0 Å². The van der Waals surface area contributed by atoms with Crippen LogP contribution in [0.2, 0.25) is 0 Å². The first-order chi connectivity index (χ1) is 35.0. The number of piperidine rings is 2. The highest BCUT2D eigenvalue weighted by Crippen LogP contribution is 2.35. The minimum absolute atomic E-state index is 0.000398. The highest BCUT2D eigenvalue weighted by molar-refractivity contribution is 6.38. The van der Waals surface area contributed by atoms with Crippen molar-refractivity contribution in [2.24, 2.45) is 5.41 Å². The van der Waals surface area contributed by atoms with E-state index in [2.05, 4.69) is 21.3 Å². The van der Waals surface area contributed by atoms with Crippen molar-refractivity contribution in [1.82, 2.24) is 25.8 Å². The molecule has 0 spiro atoms. The van der Waals surface area contributed by atoms with Crippen LogP contribution in [0.1, 0.15) is 129 Å². The van der Waals surface area contributed by atoms with Crippen molar-refractivity contribution in [2.75, 3.05) is 45.8 Å². The maximum Gasteiger partial charge on any atom is 0.329 e. The zero-order chi connectivity index (χ0) is 52.8. The summed E-state index contributed by atoms with van der Waals surface area (Å²) in [6.45, 7) is 5.60. The standard InChI is InChI=1S/C53H64N6O14/c1-6-53(2,3)47(64)51(68)58-28-10-7-16-37(58)52(69)73-38(21-18-32-19-22-39(70-4)41(29-32)71-5)33-13-11-14-34(30-33)56-43(61)25-24-42(60)54-26-8-9-27-55-45(63)31-72-40-17-12-15-35-46(40)50(67)59(49(35)66)36-20-23-44(62)57-48(36)65/h11-15,17,19,22,29-30,36-38H,6-10,16,18,20-21,23-28,31H2,1-5H3,(H,54,60)(H,55,63)(H,56,61)(H,57,62,65)/t36-,37-,38+/m0/s1. The maximum atomic E-state index is 14.0. The van der Waals surface area contributed by atoms with Gasteiger partial charge in [0.05, 0.1) is 25.3 Å². The molecule has 4 N–H and O–H groups in total. The number of rotatable bonds is 24. The molecule has 0 saturated carbocycles. The number of Topliss-reactive ketones (excluding diaryl/α,β-unsaturated/α-hetero) is 1. The molecule has 8 amide bonds. The summed E-state index contributed by atoms with van der Waals surface area (Å²) in [5, 5.41) is 10.4. The monoisotopic (exact) mass is 1010 g/mol. The molecule has 0 aromatic heterocycles. The van der Waals surface area contributed by atoms with E-state index in [4.69, 9.17) is 18.9 Å². The lowest BCUT2D eigenvalue weighted by Crippen LogP contribution is -2.54. The summed E-state index contributed by atoms with van der Waals surface area (Å²) in [5.41, 5.74) is 0.949. The first-order valence-electron chi connectivity index (χ1n) is 24.6. The maximum absolute atomic E-state index is 14.0. The lowest BCUT2D eigenvalue weighted by molar-refractivity contribution is -0.164. The highest BCUT2D eigenvalue weighted by Gasteiger charge is 2.46. The number of ketones is 1. The number of hydrogen-bond donors (Lipinski definition) is 4. The molecule has 3 atom stereocenters. The molecule has 20 heteroatoms. The van der Waals surface area contributed by atoms with Crippen molar-refractivity contribution < 1.29 is 66.9 Å². The fourth-order valence-corrected chi connectivity index (χ4v) is 8.71. The van der Waals surface area contributed by atoms with Gasteiger partial charge in [-0.05, 0) is 105 Å². The molecule has 390 valence electrons. The third-order valence-corrected chi connectivity index (χ3v) is 13.3. The fourth-order valence-electron chi connectivity index (χ4n) is 8.71. The van der Waals surface area contributed by atoms with Gasteiger partial charge in [0.25, 0.3) is 23.6 Å². The topological polar surface area (TPSA) is 262 Å². The number of likely N-dealkylation sites (tertiary alicyclic amines) is 1. The van der Waals surface area contributed by atoms with Crippen LogP contribution in [-0.4, -0.2) is 121 Å². The van der Waals surface area contributed by atoms with Gasteiger partial charge in [0, 0.05) is 50.0 Å². The van der Waals surface area contributed by atoms with Gasteiger partial charge in [0.1, 0.15) is 23.9 Å². The van der Waals surface area contributed by atoms with Gasteiger partial charge in [0.2, 0.25) is 29.4 Å². The summed E-state index contributed by atoms with van der Waals surface area (Å²) in [7, 11) is 3.08. The Hall–Kier alpha value is -7.64. The number of esters is 1. The molecule has 2 fully saturated rings. The predicted molar refractivity (Wildman–Crippen MR) is 263 cm³/mol. The average molecular weight is 1010 g/mol. The molecule has 3 aliphatic heterocycles. The molecule has 3 aromatic rings. The number of hydrogen-bond acceptors (Lipinski definition) is 14. The molecule has 3 heterocycles. The van der Waals surface area contributed by atoms with E-state index in [0.29, 0.717) is 74.1 Å². The van der Waals surface area contributed by atoms with Gasteiger partial charge in [0.15, 0.2) is 18.1 Å². The molecular formula is C53H64N6O14. The Labute approximate surface area is 423 Å². The average Bonchev–Trinajstić information content (AvgIpc) is 3.64. The molecule has 2 saturated heterocycles. The number of nitrogens with zero attached hydrogens (tertiary/aromatic N) is 2. The first-order valence-corrected chi connectivity index (χ1v) is 24.6. The molecule has 0 aliphatic carbocycles. The minimum atomic E-state index is -1.14. The molecule has 3 aliphatic rings. The number of nitrogens with one attached hydrogen (secondary N) is 4. The number of imide groups is 2. The van der Waals surface area contributed by atoms with Gasteiger partial charge in [-0.3, -0.25) is 53.4 Å². The van der Waals surface area contributed by atoms with E-state index in [1.54, 1.807) is 51.3 Å². The smallest absolute Gasteiger partial charge is 0.329 e. The number of unbranched alkanes of at least 4 members (excludes halogenated alkanes) is 1. The van der Waals surface area contributed by atoms with E-state index in [9.17, 15) is 47.9 Å². The molecule has 0 bridgehead atoms. The fraction of sp³-hybridized carbons (Fsp3) is 0.472. The summed E-state index contributed by atoms with van der Waals surface area (Å²) in [5.74, 6) is -4.72. The normalized spacial score (nSPS) is 16.9. The molecule has 6 rings (SSSR count). The molecular weight excluding hydrogens is 945 g/mol. The van der Waals surface area contributed by atoms with Crippen LogP contribution in [0.25, 0.3) is 0 Å². The quantitative estimate of drug-likeness (QED) is 0.0417. The second-order valence-corrected chi connectivity index (χ2v) is 18.7. The van der Waals surface area contributed by atoms with Gasteiger partial charge in [-0.15, -0.1) is 0 Å². The van der Waals surface area contributed by atoms with Crippen molar-refractivity contribution in [3.8, 4) is 17.2 Å². The molecule has 0 unspecified atom stereocenters. The van der Waals surface area contributed by atoms with E-state index in [0.717, 1.165) is 10.5 Å². The Kier molecular flexibility index (Phi) is 18.8. The zero-order valence-corrected chi connectivity index (χ0v) is 41.9. The minimum Gasteiger partial charge on any atom is -0.493 e. The van der Waals surface area contributed by atoms with Crippen molar-refractivity contribution in [1.29, 1.82) is 0 Å². The van der Waals surface area contributed by atoms with E-state index >= 15 is 0 Å². The van der Waals surface area contributed by atoms with Gasteiger partial charge in [-0.25, -0.2) is 4.79 Å². The lowest BCUT2D eigenvalue weighted by Gasteiger charge is -2.36. The second kappa shape index (κ2) is 25.1. The third-order valence-electron chi connectivity index (χ3n) is 13.3. The van der Waals surface area contributed by atoms with Crippen LogP contribution in [0.4, 0.5) is 5.69 Å². The van der Waals surface area contributed by atoms with Gasteiger partial charge >= 0.3 is 5.97 Å². The van der Waals surface area contributed by atoms with E-state index in [-0.39, 0.29) is 68.1 Å². The van der Waals surface area contributed by atoms with Crippen LogP contribution in [0.5, 0.6) is 17.2 Å². The SMILES string of the molecule is CCC(C)(C)C(=O)C(=O)N1CCCC[C@H]1C(=O)O[C@H](CCc1ccc(OC)c(OC)c1)c1cccc(NC(=O)CCC(=O)NCCCCNC(=O)COc2cccc3c2C(=O)N([C@H]2CCC(=O)NC2=O)C3=O)c1. The highest BCUT2D eigenvalue weighted by atomic mass is 16.5. The predicted octanol–water partition coefficient (Wildman–Crippen LogP) is 4.52. The van der Waals surface area contributed by atoms with Gasteiger partial charge in [-0.1, -0.05) is 45.0 Å². The summed E-state index contributed by atoms with van der Waals surface area (Å²) in [6.07, 6.45) is 2.85. The van der Waals surface area contributed by atoms with E-state index in [1.807, 2.05) is 19.1 Å². The van der Waals surface area contributed by atoms with Gasteiger partial charge in [-0.2, -0.15) is 0 Å². The second-order valence-electron chi connectivity index (χ2n) is 18.7. The summed E-state index contributed by atoms with van der Waals surface area (Å²) < 4.78 is 22.7. The molecule has 0 radical (unpaired) electrons. The number of anilines is 1. The van der Waals surface area contributed by atoms with Crippen LogP contribution in [0.15, 0.2) is 60.7 Å². The number of benzene rings is 3. The Morgan fingerprint density at radius 2 is 1.51 bits per heavy atom. The number of carbonyl (C=O) groups is 10. The van der Waals surface area contributed by atoms with Crippen LogP contribution >= 0.6 is 0 Å². The number of ether oxygens (including phenoxy) is 4. The Bertz CT molecular complexity index is 2610. The number of carbonyl (C=O) groups excluding carboxylic acids is 10. The van der Waals surface area contributed by atoms with Crippen molar-refractivity contribution in [3.05, 3.63) is 82.9 Å². The first kappa shape index (κ1) is 54.7. The number of amides is 8. The van der Waals surface area contributed by atoms with Crippen molar-refractivity contribution >= 4 is 64.7 Å². The van der Waals surface area contributed by atoms with Crippen LogP contribution in [0, 0.1) is 5.41 Å². The van der Waals surface area contributed by atoms with Crippen LogP contribution < -0.4 is 35.5 Å². The molecule has 3 aromatic carbocycles. The Morgan fingerprint density at radius 3 is 2.22 bits per heavy atom. The third kappa shape index (κ3) is 13.9. The lowest BCUT2D eigenvalue weighted by atomic mass is 9.84. The number of fused-ring (bicyclic) bond motifs is 1. The number of methoxy groups -OCH3 is 2. The Balaban J connectivity index is 0.958. The number of aryl methyl sites for hydroxylation is 1. The van der Waals surface area contributed by atoms with Crippen molar-refractivity contribution in [2.45, 2.75) is 116 Å². The molecule has 73 heavy (non-hydrogen) atoms. The van der Waals surface area contributed by atoms with Crippen LogP contribution in [-0.2, 0) is 49.5 Å². The van der Waals surface area contributed by atoms with Gasteiger partial charge < -0.3 is 39.8 Å². The zero-order valence-electron chi connectivity index (χ0n) is 41.9.